The molecule has 2 aromatic heterocycles. The molecule has 3 aromatic rings. The molecule has 0 saturated heterocycles. The number of ketones is 1. The maximum atomic E-state index is 13.2. The Balaban J connectivity index is 1.61. The summed E-state index contributed by atoms with van der Waals surface area (Å²) >= 11 is 0. The van der Waals surface area contributed by atoms with E-state index >= 15 is 0 Å². The van der Waals surface area contributed by atoms with E-state index in [1.165, 1.54) is 12.3 Å². The Morgan fingerprint density at radius 3 is 2.79 bits per heavy atom. The standard InChI is InChI=1S/C26H29N3O5/c1-2-3-4-15-33-20-9-5-8-19(17-20)23-22(24(30)21-10-6-16-34-21)25(31)26(32)29(23)13-7-12-28-14-11-27-18-28/h5-6,8-11,14,16-18,23,31H,2-4,7,12-13,15H2,1H3. The van der Waals surface area contributed by atoms with E-state index in [2.05, 4.69) is 11.9 Å². The zero-order chi connectivity index (χ0) is 23.9. The Hall–Kier alpha value is -3.81. The van der Waals surface area contributed by atoms with Crippen LogP contribution in [0.25, 0.3) is 0 Å². The summed E-state index contributed by atoms with van der Waals surface area (Å²) in [6.45, 7) is 3.73. The van der Waals surface area contributed by atoms with E-state index in [9.17, 15) is 14.7 Å². The lowest BCUT2D eigenvalue weighted by Gasteiger charge is -2.27. The molecule has 4 rings (SSSR count). The summed E-state index contributed by atoms with van der Waals surface area (Å²) in [4.78, 5) is 31.9. The predicted molar refractivity (Wildman–Crippen MR) is 125 cm³/mol. The molecule has 3 heterocycles. The first kappa shape index (κ1) is 23.4. The second-order valence-electron chi connectivity index (χ2n) is 8.25. The summed E-state index contributed by atoms with van der Waals surface area (Å²) in [6.07, 6.45) is 10.4. The van der Waals surface area contributed by atoms with Gasteiger partial charge in [-0.3, -0.25) is 9.59 Å². The average Bonchev–Trinajstić information content (AvgIpc) is 3.61. The van der Waals surface area contributed by atoms with Crippen LogP contribution >= 0.6 is 0 Å². The Kier molecular flexibility index (Phi) is 7.47. The first-order chi connectivity index (χ1) is 16.6. The molecule has 1 unspecified atom stereocenters. The molecule has 1 aromatic carbocycles. The summed E-state index contributed by atoms with van der Waals surface area (Å²) in [7, 11) is 0. The molecule has 1 aliphatic heterocycles. The first-order valence-corrected chi connectivity index (χ1v) is 11.6. The fraction of sp³-hybridized carbons (Fsp3) is 0.346. The summed E-state index contributed by atoms with van der Waals surface area (Å²) in [6, 6.07) is 9.75. The van der Waals surface area contributed by atoms with Gasteiger partial charge in [-0.15, -0.1) is 0 Å². The van der Waals surface area contributed by atoms with Gasteiger partial charge in [-0.05, 0) is 42.7 Å². The lowest BCUT2D eigenvalue weighted by Crippen LogP contribution is -2.32. The number of amides is 1. The topological polar surface area (TPSA) is 97.8 Å². The molecule has 8 heteroatoms. The summed E-state index contributed by atoms with van der Waals surface area (Å²) in [5.41, 5.74) is 0.716. The van der Waals surface area contributed by atoms with E-state index in [1.54, 1.807) is 23.5 Å². The molecular formula is C26H29N3O5. The lowest BCUT2D eigenvalue weighted by atomic mass is 9.95. The Morgan fingerprint density at radius 1 is 1.18 bits per heavy atom. The van der Waals surface area contributed by atoms with Gasteiger partial charge in [0.25, 0.3) is 5.91 Å². The van der Waals surface area contributed by atoms with Crippen molar-refractivity contribution in [2.75, 3.05) is 13.2 Å². The molecule has 34 heavy (non-hydrogen) atoms. The predicted octanol–water partition coefficient (Wildman–Crippen LogP) is 4.71. The lowest BCUT2D eigenvalue weighted by molar-refractivity contribution is -0.129. The van der Waals surface area contributed by atoms with Crippen LogP contribution in [0.15, 0.2) is 77.1 Å². The SMILES string of the molecule is CCCCCOc1cccc(C2C(C(=O)c3ccco3)=C(O)C(=O)N2CCCn2ccnc2)c1. The van der Waals surface area contributed by atoms with E-state index in [1.807, 2.05) is 35.0 Å². The third-order valence-corrected chi connectivity index (χ3v) is 5.86. The fourth-order valence-electron chi connectivity index (χ4n) is 4.16. The van der Waals surface area contributed by atoms with Crippen molar-refractivity contribution in [3.8, 4) is 5.75 Å². The Bertz CT molecular complexity index is 1140. The molecule has 1 atom stereocenters. The second-order valence-corrected chi connectivity index (χ2v) is 8.25. The van der Waals surface area contributed by atoms with Gasteiger partial charge in [-0.1, -0.05) is 31.9 Å². The number of rotatable bonds is 12. The molecule has 1 aliphatic rings. The number of furan rings is 1. The number of hydrogen-bond acceptors (Lipinski definition) is 6. The number of benzene rings is 1. The van der Waals surface area contributed by atoms with Crippen LogP contribution < -0.4 is 4.74 Å². The molecule has 0 bridgehead atoms. The van der Waals surface area contributed by atoms with Crippen LogP contribution in [-0.4, -0.2) is 44.4 Å². The van der Waals surface area contributed by atoms with Crippen molar-refractivity contribution in [2.45, 2.75) is 45.2 Å². The van der Waals surface area contributed by atoms with Crippen LogP contribution in [0.1, 0.15) is 54.8 Å². The van der Waals surface area contributed by atoms with E-state index in [0.29, 0.717) is 37.4 Å². The minimum absolute atomic E-state index is 0.0192. The normalized spacial score (nSPS) is 15.9. The van der Waals surface area contributed by atoms with Gasteiger partial charge in [0.05, 0.1) is 30.8 Å². The number of aliphatic hydroxyl groups is 1. The maximum Gasteiger partial charge on any atom is 0.290 e. The molecule has 0 fully saturated rings. The van der Waals surface area contributed by atoms with E-state index in [4.69, 9.17) is 9.15 Å². The van der Waals surface area contributed by atoms with Crippen LogP contribution in [0.3, 0.4) is 0 Å². The quantitative estimate of drug-likeness (QED) is 0.308. The zero-order valence-corrected chi connectivity index (χ0v) is 19.2. The van der Waals surface area contributed by atoms with Gasteiger partial charge >= 0.3 is 0 Å². The van der Waals surface area contributed by atoms with Crippen molar-refractivity contribution in [1.82, 2.24) is 14.5 Å². The molecule has 0 aliphatic carbocycles. The summed E-state index contributed by atoms with van der Waals surface area (Å²) in [5, 5.41) is 10.8. The highest BCUT2D eigenvalue weighted by Crippen LogP contribution is 2.40. The van der Waals surface area contributed by atoms with Gasteiger partial charge in [0.1, 0.15) is 5.75 Å². The molecule has 1 N–H and O–H groups in total. The third-order valence-electron chi connectivity index (χ3n) is 5.86. The number of carbonyl (C=O) groups is 2. The molecular weight excluding hydrogens is 434 g/mol. The highest BCUT2D eigenvalue weighted by atomic mass is 16.5. The number of carbonyl (C=O) groups excluding carboxylic acids is 2. The van der Waals surface area contributed by atoms with Gasteiger partial charge in [-0.25, -0.2) is 4.98 Å². The number of Topliss-reactive ketones (excluding diaryl/α,β-unsaturated/α-hetero) is 1. The number of ether oxygens (including phenoxy) is 1. The van der Waals surface area contributed by atoms with Crippen LogP contribution in [0.2, 0.25) is 0 Å². The molecule has 0 spiro atoms. The number of imidazole rings is 1. The molecule has 0 radical (unpaired) electrons. The summed E-state index contributed by atoms with van der Waals surface area (Å²) in [5.74, 6) is -0.877. The van der Waals surface area contributed by atoms with Crippen molar-refractivity contribution in [3.05, 3.63) is 84.0 Å². The highest BCUT2D eigenvalue weighted by molar-refractivity contribution is 6.15. The average molecular weight is 464 g/mol. The monoisotopic (exact) mass is 463 g/mol. The van der Waals surface area contributed by atoms with E-state index in [-0.39, 0.29) is 11.3 Å². The summed E-state index contributed by atoms with van der Waals surface area (Å²) < 4.78 is 13.1. The van der Waals surface area contributed by atoms with Gasteiger partial charge < -0.3 is 23.7 Å². The van der Waals surface area contributed by atoms with Crippen molar-refractivity contribution in [2.24, 2.45) is 0 Å². The Labute approximate surface area is 198 Å². The smallest absolute Gasteiger partial charge is 0.290 e. The Morgan fingerprint density at radius 2 is 2.06 bits per heavy atom. The van der Waals surface area contributed by atoms with Crippen LogP contribution in [-0.2, 0) is 11.3 Å². The van der Waals surface area contributed by atoms with Crippen molar-refractivity contribution >= 4 is 11.7 Å². The highest BCUT2D eigenvalue weighted by Gasteiger charge is 2.44. The van der Waals surface area contributed by atoms with Crippen LogP contribution in [0.4, 0.5) is 0 Å². The second kappa shape index (κ2) is 10.9. The molecule has 178 valence electrons. The van der Waals surface area contributed by atoms with Crippen molar-refractivity contribution in [1.29, 1.82) is 0 Å². The molecule has 0 saturated carbocycles. The number of nitrogens with zero attached hydrogens (tertiary/aromatic N) is 3. The minimum atomic E-state index is -0.743. The van der Waals surface area contributed by atoms with E-state index < -0.39 is 23.5 Å². The molecule has 8 nitrogen and oxygen atoms in total. The van der Waals surface area contributed by atoms with Crippen molar-refractivity contribution < 1.29 is 23.8 Å². The number of aromatic nitrogens is 2. The number of aliphatic hydroxyl groups excluding tert-OH is 1. The van der Waals surface area contributed by atoms with Gasteiger partial charge in [0, 0.05) is 25.5 Å². The number of unbranched alkanes of at least 4 members (excludes halogenated alkanes) is 2. The van der Waals surface area contributed by atoms with Crippen LogP contribution in [0, 0.1) is 0 Å². The third kappa shape index (κ3) is 5.06. The largest absolute Gasteiger partial charge is 0.503 e. The minimum Gasteiger partial charge on any atom is -0.503 e. The van der Waals surface area contributed by atoms with Gasteiger partial charge in [0.15, 0.2) is 11.5 Å². The van der Waals surface area contributed by atoms with Gasteiger partial charge in [-0.2, -0.15) is 0 Å². The first-order valence-electron chi connectivity index (χ1n) is 11.6. The molecule has 1 amide bonds. The maximum absolute atomic E-state index is 13.2. The number of hydrogen-bond donors (Lipinski definition) is 1. The van der Waals surface area contributed by atoms with E-state index in [0.717, 1.165) is 19.3 Å². The fourth-order valence-corrected chi connectivity index (χ4v) is 4.16. The van der Waals surface area contributed by atoms with Crippen LogP contribution in [0.5, 0.6) is 5.75 Å². The van der Waals surface area contributed by atoms with Gasteiger partial charge in [0.2, 0.25) is 5.78 Å². The zero-order valence-electron chi connectivity index (χ0n) is 19.2. The van der Waals surface area contributed by atoms with Crippen molar-refractivity contribution in [3.63, 3.8) is 0 Å². The number of aryl methyl sites for hydroxylation is 1.